The molecule has 11 heavy (non-hydrogen) atoms. The van der Waals surface area contributed by atoms with Gasteiger partial charge in [-0.25, -0.2) is 0 Å². The quantitative estimate of drug-likeness (QED) is 0.550. The van der Waals surface area contributed by atoms with E-state index in [2.05, 4.69) is 32.4 Å². The lowest BCUT2D eigenvalue weighted by atomic mass is 9.96. The lowest BCUT2D eigenvalue weighted by Crippen LogP contribution is -2.28. The van der Waals surface area contributed by atoms with E-state index in [1.807, 2.05) is 0 Å². The summed E-state index contributed by atoms with van der Waals surface area (Å²) in [5.74, 6) is 0.639. The highest BCUT2D eigenvalue weighted by Crippen LogP contribution is 2.25. The number of likely N-dealkylation sites (N-methyl/N-ethyl adjacent to an activating group) is 1. The predicted molar refractivity (Wildman–Crippen MR) is 49.6 cm³/mol. The fraction of sp³-hybridized carbons (Fsp3) is 0.800. The van der Waals surface area contributed by atoms with Crippen molar-refractivity contribution in [2.45, 2.75) is 32.7 Å². The Morgan fingerprint density at radius 1 is 1.55 bits per heavy atom. The largest absolute Gasteiger partial charge is 0.300 e. The molecule has 64 valence electrons. The van der Waals surface area contributed by atoms with Crippen molar-refractivity contribution in [3.8, 4) is 0 Å². The zero-order valence-electron chi connectivity index (χ0n) is 7.93. The van der Waals surface area contributed by atoms with Crippen molar-refractivity contribution in [1.29, 1.82) is 0 Å². The normalized spacial score (nSPS) is 26.4. The van der Waals surface area contributed by atoms with Crippen molar-refractivity contribution in [2.75, 3.05) is 13.6 Å². The molecular formula is C10H19N. The summed E-state index contributed by atoms with van der Waals surface area (Å²) in [6, 6.07) is 0.662. The Kier molecular flexibility index (Phi) is 2.72. The highest BCUT2D eigenvalue weighted by atomic mass is 15.1. The molecule has 1 rings (SSSR count). The zero-order chi connectivity index (χ0) is 8.43. The first-order valence-corrected chi connectivity index (χ1v) is 4.52. The SMILES string of the molecule is C=C(C(C)C)[C@@H]1CCCN1C. The van der Waals surface area contributed by atoms with Gasteiger partial charge in [0, 0.05) is 6.04 Å². The van der Waals surface area contributed by atoms with Crippen LogP contribution in [0.2, 0.25) is 0 Å². The molecule has 0 amide bonds. The standard InChI is InChI=1S/C10H19N/c1-8(2)9(3)10-6-5-7-11(10)4/h8,10H,3,5-7H2,1-2,4H3/t10-/m0/s1. The summed E-state index contributed by atoms with van der Waals surface area (Å²) in [5, 5.41) is 0. The first kappa shape index (κ1) is 8.79. The van der Waals surface area contributed by atoms with Crippen LogP contribution in [-0.4, -0.2) is 24.5 Å². The molecule has 0 bridgehead atoms. The van der Waals surface area contributed by atoms with Crippen LogP contribution in [0.3, 0.4) is 0 Å². The molecule has 1 saturated heterocycles. The van der Waals surface area contributed by atoms with Crippen LogP contribution < -0.4 is 0 Å². The zero-order valence-corrected chi connectivity index (χ0v) is 7.93. The van der Waals surface area contributed by atoms with Crippen molar-refractivity contribution in [2.24, 2.45) is 5.92 Å². The molecule has 0 aromatic rings. The van der Waals surface area contributed by atoms with Crippen LogP contribution >= 0.6 is 0 Å². The first-order valence-electron chi connectivity index (χ1n) is 4.52. The number of hydrogen-bond acceptors (Lipinski definition) is 1. The van der Waals surface area contributed by atoms with Gasteiger partial charge in [0.2, 0.25) is 0 Å². The summed E-state index contributed by atoms with van der Waals surface area (Å²) in [5.41, 5.74) is 1.41. The van der Waals surface area contributed by atoms with Crippen LogP contribution in [0.25, 0.3) is 0 Å². The van der Waals surface area contributed by atoms with Crippen molar-refractivity contribution < 1.29 is 0 Å². The van der Waals surface area contributed by atoms with E-state index >= 15 is 0 Å². The summed E-state index contributed by atoms with van der Waals surface area (Å²) in [4.78, 5) is 2.42. The van der Waals surface area contributed by atoms with Gasteiger partial charge < -0.3 is 0 Å². The second kappa shape index (κ2) is 3.40. The number of rotatable bonds is 2. The molecule has 0 aromatic carbocycles. The van der Waals surface area contributed by atoms with Crippen LogP contribution in [0.15, 0.2) is 12.2 Å². The van der Waals surface area contributed by atoms with Crippen molar-refractivity contribution in [3.05, 3.63) is 12.2 Å². The van der Waals surface area contributed by atoms with Crippen molar-refractivity contribution >= 4 is 0 Å². The van der Waals surface area contributed by atoms with Gasteiger partial charge in [0.15, 0.2) is 0 Å². The van der Waals surface area contributed by atoms with E-state index in [4.69, 9.17) is 0 Å². The number of likely N-dealkylation sites (tertiary alicyclic amines) is 1. The molecule has 1 aliphatic rings. The minimum Gasteiger partial charge on any atom is -0.300 e. The molecule has 0 N–H and O–H groups in total. The van der Waals surface area contributed by atoms with Gasteiger partial charge in [-0.1, -0.05) is 26.0 Å². The number of nitrogens with zero attached hydrogens (tertiary/aromatic N) is 1. The van der Waals surface area contributed by atoms with Crippen LogP contribution in [0, 0.1) is 5.92 Å². The summed E-state index contributed by atoms with van der Waals surface area (Å²) >= 11 is 0. The Bertz CT molecular complexity index is 149. The highest BCUT2D eigenvalue weighted by molar-refractivity contribution is 5.10. The molecule has 0 unspecified atom stereocenters. The van der Waals surface area contributed by atoms with Crippen molar-refractivity contribution in [1.82, 2.24) is 4.90 Å². The van der Waals surface area contributed by atoms with Crippen LogP contribution in [0.4, 0.5) is 0 Å². The fourth-order valence-corrected chi connectivity index (χ4v) is 1.76. The van der Waals surface area contributed by atoms with Gasteiger partial charge in [-0.05, 0) is 32.4 Å². The Hall–Kier alpha value is -0.300. The molecular weight excluding hydrogens is 134 g/mol. The van der Waals surface area contributed by atoms with Gasteiger partial charge in [-0.2, -0.15) is 0 Å². The Morgan fingerprint density at radius 2 is 2.18 bits per heavy atom. The van der Waals surface area contributed by atoms with Gasteiger partial charge in [0.1, 0.15) is 0 Å². The molecule has 0 aliphatic carbocycles. The van der Waals surface area contributed by atoms with Crippen molar-refractivity contribution in [3.63, 3.8) is 0 Å². The molecule has 1 aliphatic heterocycles. The van der Waals surface area contributed by atoms with E-state index in [1.54, 1.807) is 0 Å². The maximum Gasteiger partial charge on any atom is 0.0304 e. The smallest absolute Gasteiger partial charge is 0.0304 e. The highest BCUT2D eigenvalue weighted by Gasteiger charge is 2.24. The molecule has 1 atom stereocenters. The summed E-state index contributed by atoms with van der Waals surface area (Å²) in [6.45, 7) is 9.85. The minimum absolute atomic E-state index is 0.639. The summed E-state index contributed by atoms with van der Waals surface area (Å²) in [7, 11) is 2.20. The fourth-order valence-electron chi connectivity index (χ4n) is 1.76. The lowest BCUT2D eigenvalue weighted by molar-refractivity contribution is 0.331. The molecule has 0 radical (unpaired) electrons. The molecule has 0 aromatic heterocycles. The van der Waals surface area contributed by atoms with E-state index < -0.39 is 0 Å². The van der Waals surface area contributed by atoms with Gasteiger partial charge in [0.25, 0.3) is 0 Å². The maximum absolute atomic E-state index is 4.14. The monoisotopic (exact) mass is 153 g/mol. The molecule has 1 nitrogen and oxygen atoms in total. The van der Waals surface area contributed by atoms with Crippen LogP contribution in [0.5, 0.6) is 0 Å². The number of hydrogen-bond donors (Lipinski definition) is 0. The molecule has 1 fully saturated rings. The van der Waals surface area contributed by atoms with Gasteiger partial charge in [-0.3, -0.25) is 4.90 Å². The Labute approximate surface area is 70.1 Å². The molecule has 1 heterocycles. The third-order valence-electron chi connectivity index (χ3n) is 2.69. The van der Waals surface area contributed by atoms with Crippen LogP contribution in [-0.2, 0) is 0 Å². The molecule has 0 spiro atoms. The average Bonchev–Trinajstić information content (AvgIpc) is 2.33. The van der Waals surface area contributed by atoms with E-state index in [0.717, 1.165) is 0 Å². The Morgan fingerprint density at radius 3 is 2.55 bits per heavy atom. The van der Waals surface area contributed by atoms with E-state index in [0.29, 0.717) is 12.0 Å². The second-order valence-corrected chi connectivity index (χ2v) is 3.87. The second-order valence-electron chi connectivity index (χ2n) is 3.87. The van der Waals surface area contributed by atoms with E-state index in [-0.39, 0.29) is 0 Å². The summed E-state index contributed by atoms with van der Waals surface area (Å²) < 4.78 is 0. The van der Waals surface area contributed by atoms with E-state index in [1.165, 1.54) is 25.0 Å². The molecule has 1 heteroatoms. The minimum atomic E-state index is 0.639. The van der Waals surface area contributed by atoms with Crippen LogP contribution in [0.1, 0.15) is 26.7 Å². The topological polar surface area (TPSA) is 3.24 Å². The third-order valence-corrected chi connectivity index (χ3v) is 2.69. The Balaban J connectivity index is 2.53. The van der Waals surface area contributed by atoms with Gasteiger partial charge in [-0.15, -0.1) is 0 Å². The molecule has 0 saturated carbocycles. The average molecular weight is 153 g/mol. The van der Waals surface area contributed by atoms with E-state index in [9.17, 15) is 0 Å². The summed E-state index contributed by atoms with van der Waals surface area (Å²) in [6.07, 6.45) is 2.65. The lowest BCUT2D eigenvalue weighted by Gasteiger charge is -2.24. The van der Waals surface area contributed by atoms with Gasteiger partial charge in [0.05, 0.1) is 0 Å². The maximum atomic E-state index is 4.14. The van der Waals surface area contributed by atoms with Gasteiger partial charge >= 0.3 is 0 Å². The first-order chi connectivity index (χ1) is 5.13. The predicted octanol–water partition coefficient (Wildman–Crippen LogP) is 2.29. The third kappa shape index (κ3) is 1.84.